The Morgan fingerprint density at radius 1 is 1.05 bits per heavy atom. The molecular formula is C13H11NO5S. The van der Waals surface area contributed by atoms with Crippen LogP contribution in [-0.2, 0) is 10.0 Å². The Morgan fingerprint density at radius 2 is 1.70 bits per heavy atom. The molecule has 7 heteroatoms. The second-order valence-corrected chi connectivity index (χ2v) is 5.61. The number of aromatic carboxylic acids is 1. The van der Waals surface area contributed by atoms with Gasteiger partial charge in [0.15, 0.2) is 0 Å². The van der Waals surface area contributed by atoms with Gasteiger partial charge in [0.1, 0.15) is 10.6 Å². The van der Waals surface area contributed by atoms with E-state index in [9.17, 15) is 18.3 Å². The second-order valence-electron chi connectivity index (χ2n) is 3.96. The number of aromatic hydroxyl groups is 1. The highest BCUT2D eigenvalue weighted by molar-refractivity contribution is 7.92. The van der Waals surface area contributed by atoms with Crippen molar-refractivity contribution in [1.29, 1.82) is 0 Å². The summed E-state index contributed by atoms with van der Waals surface area (Å²) in [4.78, 5) is 10.4. The third-order valence-electron chi connectivity index (χ3n) is 2.52. The lowest BCUT2D eigenvalue weighted by Crippen LogP contribution is -2.14. The van der Waals surface area contributed by atoms with E-state index in [0.717, 1.165) is 18.2 Å². The molecule has 0 aliphatic rings. The van der Waals surface area contributed by atoms with E-state index in [1.807, 2.05) is 0 Å². The number of phenolic OH excluding ortho intramolecular Hbond substituents is 1. The molecule has 2 rings (SSSR count). The molecule has 0 unspecified atom stereocenters. The summed E-state index contributed by atoms with van der Waals surface area (Å²) < 4.78 is 26.5. The summed E-state index contributed by atoms with van der Waals surface area (Å²) in [5.41, 5.74) is 0.0869. The van der Waals surface area contributed by atoms with Crippen LogP contribution in [0.5, 0.6) is 5.75 Å². The smallest absolute Gasteiger partial charge is 0.335 e. The first-order valence-electron chi connectivity index (χ1n) is 5.54. The molecule has 0 radical (unpaired) electrons. The quantitative estimate of drug-likeness (QED) is 0.798. The van der Waals surface area contributed by atoms with Gasteiger partial charge < -0.3 is 10.2 Å². The molecule has 0 spiro atoms. The first kappa shape index (κ1) is 13.9. The Hall–Kier alpha value is -2.54. The number of hydrogen-bond acceptors (Lipinski definition) is 4. The van der Waals surface area contributed by atoms with Crippen molar-refractivity contribution in [1.82, 2.24) is 0 Å². The van der Waals surface area contributed by atoms with E-state index in [4.69, 9.17) is 5.11 Å². The van der Waals surface area contributed by atoms with E-state index in [1.54, 1.807) is 18.2 Å². The largest absolute Gasteiger partial charge is 0.507 e. The van der Waals surface area contributed by atoms with E-state index >= 15 is 0 Å². The third-order valence-corrected chi connectivity index (χ3v) is 3.93. The number of anilines is 1. The molecule has 0 saturated carbocycles. The Morgan fingerprint density at radius 3 is 2.30 bits per heavy atom. The third kappa shape index (κ3) is 2.89. The molecule has 0 atom stereocenters. The first-order chi connectivity index (χ1) is 9.40. The average Bonchev–Trinajstić information content (AvgIpc) is 2.39. The fraction of sp³-hybridized carbons (Fsp3) is 0. The number of hydrogen-bond donors (Lipinski definition) is 3. The SMILES string of the molecule is O=C(O)c1ccc(O)c(S(=O)(=O)Nc2ccccc2)c1. The molecule has 104 valence electrons. The van der Waals surface area contributed by atoms with Gasteiger partial charge >= 0.3 is 5.97 Å². The predicted octanol–water partition coefficient (Wildman–Crippen LogP) is 1.89. The summed E-state index contributed by atoms with van der Waals surface area (Å²) >= 11 is 0. The molecule has 0 aliphatic carbocycles. The summed E-state index contributed by atoms with van der Waals surface area (Å²) in [5, 5.41) is 18.5. The standard InChI is InChI=1S/C13H11NO5S/c15-11-7-6-9(13(16)17)8-12(11)20(18,19)14-10-4-2-1-3-5-10/h1-8,14-15H,(H,16,17). The summed E-state index contributed by atoms with van der Waals surface area (Å²) in [5.74, 6) is -1.79. The van der Waals surface area contributed by atoms with Crippen molar-refractivity contribution >= 4 is 21.7 Å². The van der Waals surface area contributed by atoms with Gasteiger partial charge in [-0.1, -0.05) is 18.2 Å². The fourth-order valence-electron chi connectivity index (χ4n) is 1.58. The van der Waals surface area contributed by atoms with Gasteiger partial charge in [-0.2, -0.15) is 0 Å². The maximum Gasteiger partial charge on any atom is 0.335 e. The number of carbonyl (C=O) groups is 1. The Kier molecular flexibility index (Phi) is 3.62. The average molecular weight is 293 g/mol. The maximum absolute atomic E-state index is 12.1. The minimum atomic E-state index is -4.06. The Labute approximate surface area is 115 Å². The van der Waals surface area contributed by atoms with Gasteiger partial charge in [-0.15, -0.1) is 0 Å². The number of nitrogens with one attached hydrogen (secondary N) is 1. The summed E-state index contributed by atoms with van der Waals surface area (Å²) in [7, 11) is -4.06. The van der Waals surface area contributed by atoms with Crippen LogP contribution in [0.4, 0.5) is 5.69 Å². The zero-order valence-corrected chi connectivity index (χ0v) is 11.0. The molecule has 0 heterocycles. The van der Waals surface area contributed by atoms with Crippen LogP contribution >= 0.6 is 0 Å². The number of para-hydroxylation sites is 1. The number of carboxylic acids is 1. The van der Waals surface area contributed by atoms with Crippen molar-refractivity contribution in [3.63, 3.8) is 0 Å². The monoisotopic (exact) mass is 293 g/mol. The van der Waals surface area contributed by atoms with Gasteiger partial charge in [0.25, 0.3) is 10.0 Å². The molecule has 0 aliphatic heterocycles. The van der Waals surface area contributed by atoms with Crippen LogP contribution in [0, 0.1) is 0 Å². The number of sulfonamides is 1. The van der Waals surface area contributed by atoms with Crippen molar-refractivity contribution < 1.29 is 23.4 Å². The lowest BCUT2D eigenvalue weighted by Gasteiger charge is -2.10. The molecular weight excluding hydrogens is 282 g/mol. The van der Waals surface area contributed by atoms with Gasteiger partial charge in [0.05, 0.1) is 5.56 Å². The highest BCUT2D eigenvalue weighted by atomic mass is 32.2. The lowest BCUT2D eigenvalue weighted by atomic mass is 10.2. The number of benzene rings is 2. The van der Waals surface area contributed by atoms with Crippen molar-refractivity contribution in [3.05, 3.63) is 54.1 Å². The van der Waals surface area contributed by atoms with Crippen LogP contribution in [0.25, 0.3) is 0 Å². The minimum Gasteiger partial charge on any atom is -0.507 e. The van der Waals surface area contributed by atoms with Crippen molar-refractivity contribution in [2.75, 3.05) is 4.72 Å². The maximum atomic E-state index is 12.1. The molecule has 6 nitrogen and oxygen atoms in total. The Bertz CT molecular complexity index is 741. The van der Waals surface area contributed by atoms with Crippen LogP contribution in [0.3, 0.4) is 0 Å². The highest BCUT2D eigenvalue weighted by Crippen LogP contribution is 2.25. The first-order valence-corrected chi connectivity index (χ1v) is 7.02. The van der Waals surface area contributed by atoms with Gasteiger partial charge in [-0.25, -0.2) is 13.2 Å². The van der Waals surface area contributed by atoms with E-state index in [2.05, 4.69) is 4.72 Å². The van der Waals surface area contributed by atoms with Gasteiger partial charge in [0, 0.05) is 5.69 Å². The number of phenols is 1. The normalized spacial score (nSPS) is 11.0. The van der Waals surface area contributed by atoms with E-state index in [-0.39, 0.29) is 5.56 Å². The molecule has 0 aromatic heterocycles. The van der Waals surface area contributed by atoms with E-state index in [1.165, 1.54) is 12.1 Å². The molecule has 0 amide bonds. The van der Waals surface area contributed by atoms with Crippen LogP contribution in [-0.4, -0.2) is 24.6 Å². The minimum absolute atomic E-state index is 0.226. The van der Waals surface area contributed by atoms with E-state index in [0.29, 0.717) is 5.69 Å². The highest BCUT2D eigenvalue weighted by Gasteiger charge is 2.20. The molecule has 3 N–H and O–H groups in total. The molecule has 0 fully saturated rings. The lowest BCUT2D eigenvalue weighted by molar-refractivity contribution is 0.0696. The molecule has 2 aromatic carbocycles. The fourth-order valence-corrected chi connectivity index (χ4v) is 2.76. The van der Waals surface area contributed by atoms with Crippen LogP contribution in [0.2, 0.25) is 0 Å². The molecule has 0 saturated heterocycles. The molecule has 0 bridgehead atoms. The summed E-state index contributed by atoms with van der Waals surface area (Å²) in [6.45, 7) is 0. The topological polar surface area (TPSA) is 104 Å². The zero-order chi connectivity index (χ0) is 14.8. The molecule has 20 heavy (non-hydrogen) atoms. The van der Waals surface area contributed by atoms with Crippen molar-refractivity contribution in [2.45, 2.75) is 4.90 Å². The van der Waals surface area contributed by atoms with Gasteiger partial charge in [0.2, 0.25) is 0 Å². The van der Waals surface area contributed by atoms with Crippen LogP contribution < -0.4 is 4.72 Å². The van der Waals surface area contributed by atoms with Gasteiger partial charge in [-0.3, -0.25) is 4.72 Å². The number of rotatable bonds is 4. The number of carboxylic acid groups (broad SMARTS) is 1. The van der Waals surface area contributed by atoms with Crippen molar-refractivity contribution in [2.24, 2.45) is 0 Å². The Balaban J connectivity index is 2.44. The predicted molar refractivity (Wildman–Crippen MR) is 72.3 cm³/mol. The summed E-state index contributed by atoms with van der Waals surface area (Å²) in [6.07, 6.45) is 0. The van der Waals surface area contributed by atoms with Crippen molar-refractivity contribution in [3.8, 4) is 5.75 Å². The zero-order valence-electron chi connectivity index (χ0n) is 10.1. The van der Waals surface area contributed by atoms with Crippen LogP contribution in [0.1, 0.15) is 10.4 Å². The van der Waals surface area contributed by atoms with E-state index < -0.39 is 26.6 Å². The molecule has 2 aromatic rings. The summed E-state index contributed by atoms with van der Waals surface area (Å²) in [6, 6.07) is 11.1. The van der Waals surface area contributed by atoms with Gasteiger partial charge in [-0.05, 0) is 30.3 Å². The van der Waals surface area contributed by atoms with Crippen LogP contribution in [0.15, 0.2) is 53.4 Å². The second kappa shape index (κ2) is 5.22.